The van der Waals surface area contributed by atoms with Gasteiger partial charge in [0.25, 0.3) is 17.7 Å². The van der Waals surface area contributed by atoms with Crippen LogP contribution in [0.3, 0.4) is 0 Å². The minimum absolute atomic E-state index is 0.0110. The van der Waals surface area contributed by atoms with Crippen LogP contribution >= 0.6 is 0 Å². The average Bonchev–Trinajstić information content (AvgIpc) is 2.83. The Bertz CT molecular complexity index is 1180. The number of hydrogen-bond donors (Lipinski definition) is 3. The minimum atomic E-state index is -0.798. The summed E-state index contributed by atoms with van der Waals surface area (Å²) in [5, 5.41) is 2.82. The fourth-order valence-electron chi connectivity index (χ4n) is 3.20. The van der Waals surface area contributed by atoms with Gasteiger partial charge in [0.2, 0.25) is 0 Å². The summed E-state index contributed by atoms with van der Waals surface area (Å²) in [4.78, 5) is 37.2. The molecule has 0 saturated heterocycles. The lowest BCUT2D eigenvalue weighted by Crippen LogP contribution is -2.47. The lowest BCUT2D eigenvalue weighted by Gasteiger charge is -2.19. The fraction of sp³-hybridized carbons (Fsp3) is 0.250. The number of anilines is 1. The molecule has 35 heavy (non-hydrogen) atoms. The number of benzene rings is 3. The third kappa shape index (κ3) is 7.17. The molecule has 0 fully saturated rings. The molecule has 7 nitrogen and oxygen atoms in total. The quantitative estimate of drug-likeness (QED) is 0.449. The Balaban J connectivity index is 1.50. The maximum atomic E-state index is 12.5. The maximum absolute atomic E-state index is 12.5. The largest absolute Gasteiger partial charge is 0.481 e. The van der Waals surface area contributed by atoms with Crippen LogP contribution in [0.5, 0.6) is 5.75 Å². The fourth-order valence-corrected chi connectivity index (χ4v) is 3.20. The van der Waals surface area contributed by atoms with E-state index < -0.39 is 17.9 Å². The molecule has 3 rings (SSSR count). The van der Waals surface area contributed by atoms with Crippen LogP contribution in [0.2, 0.25) is 0 Å². The van der Waals surface area contributed by atoms with Gasteiger partial charge < -0.3 is 10.1 Å². The van der Waals surface area contributed by atoms with Gasteiger partial charge in [-0.25, -0.2) is 0 Å². The molecule has 0 aliphatic rings. The Hall–Kier alpha value is -4.13. The molecule has 3 amide bonds. The molecule has 0 aromatic heterocycles. The molecule has 3 N–H and O–H groups in total. The van der Waals surface area contributed by atoms with E-state index in [4.69, 9.17) is 4.74 Å². The van der Waals surface area contributed by atoms with Gasteiger partial charge in [0, 0.05) is 16.8 Å². The number of aryl methyl sites for hydroxylation is 1. The van der Waals surface area contributed by atoms with Gasteiger partial charge in [0.1, 0.15) is 5.75 Å². The number of carbonyl (C=O) groups is 3. The highest BCUT2D eigenvalue weighted by molar-refractivity contribution is 6.04. The number of ether oxygens (including phenoxy) is 1. The van der Waals surface area contributed by atoms with Gasteiger partial charge in [-0.1, -0.05) is 50.6 Å². The standard InChI is InChI=1S/C28H31N3O4/c1-18-6-16-24(17-7-18)35-19(2)25(32)30-31-27(34)21-10-14-23(15-11-21)29-26(33)20-8-12-22(13-9-20)28(3,4)5/h6-17,19H,1-5H3,(H,29,33)(H,30,32)(H,31,34)/t19-/m1/s1. The molecule has 0 unspecified atom stereocenters. The normalized spacial score (nSPS) is 11.8. The number of rotatable bonds is 6. The van der Waals surface area contributed by atoms with E-state index in [1.165, 1.54) is 0 Å². The Kier molecular flexibility index (Phi) is 7.91. The number of nitrogens with one attached hydrogen (secondary N) is 3. The van der Waals surface area contributed by atoms with Gasteiger partial charge in [0.05, 0.1) is 0 Å². The van der Waals surface area contributed by atoms with Crippen LogP contribution in [-0.4, -0.2) is 23.8 Å². The van der Waals surface area contributed by atoms with E-state index in [0.717, 1.165) is 11.1 Å². The molecule has 3 aromatic carbocycles. The van der Waals surface area contributed by atoms with Gasteiger partial charge in [-0.3, -0.25) is 25.2 Å². The highest BCUT2D eigenvalue weighted by atomic mass is 16.5. The SMILES string of the molecule is Cc1ccc(O[C@H](C)C(=O)NNC(=O)c2ccc(NC(=O)c3ccc(C(C)(C)C)cc3)cc2)cc1. The number of amides is 3. The molecular formula is C28H31N3O4. The Morgan fingerprint density at radius 1 is 0.743 bits per heavy atom. The summed E-state index contributed by atoms with van der Waals surface area (Å²) >= 11 is 0. The van der Waals surface area contributed by atoms with Gasteiger partial charge in [-0.05, 0) is 73.4 Å². The summed E-state index contributed by atoms with van der Waals surface area (Å²) in [5.74, 6) is -0.651. The van der Waals surface area contributed by atoms with Crippen LogP contribution in [0.15, 0.2) is 72.8 Å². The number of hydrogen-bond acceptors (Lipinski definition) is 4. The van der Waals surface area contributed by atoms with Gasteiger partial charge >= 0.3 is 0 Å². The molecule has 0 heterocycles. The molecule has 0 radical (unpaired) electrons. The van der Waals surface area contributed by atoms with Crippen molar-refractivity contribution >= 4 is 23.4 Å². The zero-order chi connectivity index (χ0) is 25.6. The summed E-state index contributed by atoms with van der Waals surface area (Å²) in [6.07, 6.45) is -0.798. The highest BCUT2D eigenvalue weighted by Gasteiger charge is 2.17. The van der Waals surface area contributed by atoms with E-state index in [2.05, 4.69) is 36.9 Å². The van der Waals surface area contributed by atoms with Gasteiger partial charge in [-0.15, -0.1) is 0 Å². The van der Waals surface area contributed by atoms with Crippen LogP contribution in [-0.2, 0) is 10.2 Å². The summed E-state index contributed by atoms with van der Waals surface area (Å²) in [6, 6.07) is 21.2. The average molecular weight is 474 g/mol. The first-order valence-electron chi connectivity index (χ1n) is 11.4. The van der Waals surface area contributed by atoms with E-state index in [1.54, 1.807) is 55.5 Å². The number of carbonyl (C=O) groups excluding carboxylic acids is 3. The number of hydrazine groups is 1. The third-order valence-corrected chi connectivity index (χ3v) is 5.42. The summed E-state index contributed by atoms with van der Waals surface area (Å²) in [5.41, 5.74) is 8.40. The third-order valence-electron chi connectivity index (χ3n) is 5.42. The van der Waals surface area contributed by atoms with Crippen LogP contribution < -0.4 is 20.9 Å². The van der Waals surface area contributed by atoms with Crippen molar-refractivity contribution in [3.8, 4) is 5.75 Å². The van der Waals surface area contributed by atoms with E-state index in [1.807, 2.05) is 31.2 Å². The molecule has 0 saturated carbocycles. The molecule has 0 aliphatic carbocycles. The molecule has 1 atom stereocenters. The van der Waals surface area contributed by atoms with E-state index >= 15 is 0 Å². The smallest absolute Gasteiger partial charge is 0.279 e. The van der Waals surface area contributed by atoms with Crippen molar-refractivity contribution in [3.63, 3.8) is 0 Å². The second-order valence-corrected chi connectivity index (χ2v) is 9.38. The van der Waals surface area contributed by atoms with Crippen LogP contribution in [0.4, 0.5) is 5.69 Å². The Morgan fingerprint density at radius 2 is 1.29 bits per heavy atom. The molecule has 0 spiro atoms. The summed E-state index contributed by atoms with van der Waals surface area (Å²) in [6.45, 7) is 9.90. The predicted octanol–water partition coefficient (Wildman–Crippen LogP) is 4.77. The molecule has 0 aliphatic heterocycles. The van der Waals surface area contributed by atoms with Crippen molar-refractivity contribution in [1.82, 2.24) is 10.9 Å². The van der Waals surface area contributed by atoms with Gasteiger partial charge in [0.15, 0.2) is 6.10 Å². The zero-order valence-electron chi connectivity index (χ0n) is 20.6. The first kappa shape index (κ1) is 25.5. The van der Waals surface area contributed by atoms with Crippen LogP contribution in [0.1, 0.15) is 59.5 Å². The minimum Gasteiger partial charge on any atom is -0.481 e. The van der Waals surface area contributed by atoms with Crippen molar-refractivity contribution < 1.29 is 19.1 Å². The Labute approximate surface area is 205 Å². The second-order valence-electron chi connectivity index (χ2n) is 9.38. The van der Waals surface area contributed by atoms with Crippen molar-refractivity contribution in [3.05, 3.63) is 95.1 Å². The van der Waals surface area contributed by atoms with Crippen molar-refractivity contribution in [2.45, 2.75) is 46.1 Å². The molecule has 7 heteroatoms. The molecule has 3 aromatic rings. The van der Waals surface area contributed by atoms with Crippen molar-refractivity contribution in [2.75, 3.05) is 5.32 Å². The first-order chi connectivity index (χ1) is 16.5. The lowest BCUT2D eigenvalue weighted by atomic mass is 9.87. The monoisotopic (exact) mass is 473 g/mol. The van der Waals surface area contributed by atoms with Crippen molar-refractivity contribution in [1.29, 1.82) is 0 Å². The topological polar surface area (TPSA) is 96.5 Å². The molecule has 182 valence electrons. The zero-order valence-corrected chi connectivity index (χ0v) is 20.6. The van der Waals surface area contributed by atoms with E-state index in [0.29, 0.717) is 22.6 Å². The van der Waals surface area contributed by atoms with E-state index in [9.17, 15) is 14.4 Å². The van der Waals surface area contributed by atoms with Gasteiger partial charge in [-0.2, -0.15) is 0 Å². The van der Waals surface area contributed by atoms with Crippen molar-refractivity contribution in [2.24, 2.45) is 0 Å². The molecular weight excluding hydrogens is 442 g/mol. The Morgan fingerprint density at radius 3 is 1.86 bits per heavy atom. The first-order valence-corrected chi connectivity index (χ1v) is 11.4. The lowest BCUT2D eigenvalue weighted by molar-refractivity contribution is -0.128. The highest BCUT2D eigenvalue weighted by Crippen LogP contribution is 2.22. The maximum Gasteiger partial charge on any atom is 0.279 e. The summed E-state index contributed by atoms with van der Waals surface area (Å²) < 4.78 is 5.58. The van der Waals surface area contributed by atoms with E-state index in [-0.39, 0.29) is 11.3 Å². The van der Waals surface area contributed by atoms with Crippen LogP contribution in [0.25, 0.3) is 0 Å². The molecule has 0 bridgehead atoms. The summed E-state index contributed by atoms with van der Waals surface area (Å²) in [7, 11) is 0. The second kappa shape index (κ2) is 10.9. The van der Waals surface area contributed by atoms with Crippen LogP contribution in [0, 0.1) is 6.92 Å². The predicted molar refractivity (Wildman–Crippen MR) is 136 cm³/mol.